The Morgan fingerprint density at radius 2 is 2.00 bits per heavy atom. The Morgan fingerprint density at radius 1 is 1.29 bits per heavy atom. The van der Waals surface area contributed by atoms with Crippen LogP contribution in [0.15, 0.2) is 0 Å². The lowest BCUT2D eigenvalue weighted by Gasteiger charge is -2.32. The van der Waals surface area contributed by atoms with Gasteiger partial charge in [-0.15, -0.1) is 0 Å². The number of aromatic amines is 1. The lowest BCUT2D eigenvalue weighted by atomic mass is 9.96. The molecule has 1 unspecified atom stereocenters. The number of nitrogens with zero attached hydrogens (tertiary/aromatic N) is 1. The average molecular weight is 392 g/mol. The Bertz CT molecular complexity index is 723. The van der Waals surface area contributed by atoms with E-state index in [4.69, 9.17) is 4.74 Å². The second-order valence-corrected chi connectivity index (χ2v) is 7.81. The molecule has 7 nitrogen and oxygen atoms in total. The molecule has 7 heteroatoms. The van der Waals surface area contributed by atoms with Gasteiger partial charge in [0, 0.05) is 25.3 Å². The molecule has 1 saturated heterocycles. The van der Waals surface area contributed by atoms with Crippen LogP contribution in [0, 0.1) is 19.8 Å². The molecule has 0 aliphatic carbocycles. The fourth-order valence-corrected chi connectivity index (χ4v) is 3.61. The van der Waals surface area contributed by atoms with Crippen LogP contribution in [0.2, 0.25) is 0 Å². The molecule has 2 rings (SSSR count). The van der Waals surface area contributed by atoms with E-state index in [9.17, 15) is 14.4 Å². The number of likely N-dealkylation sites (tertiary alicyclic amines) is 1. The van der Waals surface area contributed by atoms with Gasteiger partial charge in [0.05, 0.1) is 17.6 Å². The van der Waals surface area contributed by atoms with Gasteiger partial charge in [-0.1, -0.05) is 13.3 Å². The molecular formula is C21H33N3O4. The molecule has 0 bridgehead atoms. The van der Waals surface area contributed by atoms with Gasteiger partial charge < -0.3 is 19.9 Å². The zero-order chi connectivity index (χ0) is 20.8. The van der Waals surface area contributed by atoms with Crippen LogP contribution >= 0.6 is 0 Å². The third kappa shape index (κ3) is 5.14. The third-order valence-electron chi connectivity index (χ3n) is 5.11. The fraction of sp³-hybridized carbons (Fsp3) is 0.667. The number of ether oxygens (including phenoxy) is 1. The quantitative estimate of drug-likeness (QED) is 0.552. The second kappa shape index (κ2) is 9.75. The number of carbonyl (C=O) groups excluding carboxylic acids is 3. The van der Waals surface area contributed by atoms with Crippen molar-refractivity contribution < 1.29 is 19.1 Å². The summed E-state index contributed by atoms with van der Waals surface area (Å²) in [5.74, 6) is -0.759. The summed E-state index contributed by atoms with van der Waals surface area (Å²) in [4.78, 5) is 42.6. The van der Waals surface area contributed by atoms with Crippen molar-refractivity contribution in [2.75, 3.05) is 19.6 Å². The monoisotopic (exact) mass is 391 g/mol. The highest BCUT2D eigenvalue weighted by molar-refractivity contribution is 6.00. The number of H-pyrrole nitrogens is 1. The molecule has 28 heavy (non-hydrogen) atoms. The lowest BCUT2D eigenvalue weighted by molar-refractivity contribution is -0.126. The topological polar surface area (TPSA) is 91.5 Å². The lowest BCUT2D eigenvalue weighted by Crippen LogP contribution is -2.45. The smallest absolute Gasteiger partial charge is 0.340 e. The maximum atomic E-state index is 13.1. The van der Waals surface area contributed by atoms with Gasteiger partial charge in [0.25, 0.3) is 5.91 Å². The molecule has 1 aromatic heterocycles. The molecular weight excluding hydrogens is 358 g/mol. The van der Waals surface area contributed by atoms with E-state index in [0.29, 0.717) is 42.1 Å². The third-order valence-corrected chi connectivity index (χ3v) is 5.11. The Hall–Kier alpha value is -2.31. The summed E-state index contributed by atoms with van der Waals surface area (Å²) in [5, 5.41) is 2.96. The van der Waals surface area contributed by atoms with Crippen molar-refractivity contribution in [1.82, 2.24) is 15.2 Å². The van der Waals surface area contributed by atoms with Crippen molar-refractivity contribution in [3.05, 3.63) is 22.5 Å². The second-order valence-electron chi connectivity index (χ2n) is 7.81. The number of piperidine rings is 1. The molecule has 0 spiro atoms. The van der Waals surface area contributed by atoms with E-state index < -0.39 is 5.97 Å². The van der Waals surface area contributed by atoms with E-state index in [1.807, 2.05) is 0 Å². The molecule has 2 heterocycles. The minimum absolute atomic E-state index is 0.0199. The number of unbranched alkanes of at least 4 members (excludes halogenated alkanes) is 1. The first kappa shape index (κ1) is 22.0. The zero-order valence-electron chi connectivity index (χ0n) is 17.7. The predicted molar refractivity (Wildman–Crippen MR) is 107 cm³/mol. The number of amides is 2. The van der Waals surface area contributed by atoms with Crippen molar-refractivity contribution in [2.45, 2.75) is 66.4 Å². The van der Waals surface area contributed by atoms with Gasteiger partial charge in [-0.05, 0) is 52.5 Å². The largest absolute Gasteiger partial charge is 0.459 e. The SMILES string of the molecule is CCCCNC(=O)C1CCCN(C(=O)c2[nH]c(C)c(C(=O)OC(C)C)c2C)C1. The molecule has 156 valence electrons. The van der Waals surface area contributed by atoms with E-state index in [1.165, 1.54) is 0 Å². The first-order valence-corrected chi connectivity index (χ1v) is 10.2. The van der Waals surface area contributed by atoms with Crippen LogP contribution in [-0.4, -0.2) is 53.4 Å². The van der Waals surface area contributed by atoms with Crippen LogP contribution in [0.4, 0.5) is 0 Å². The molecule has 2 N–H and O–H groups in total. The van der Waals surface area contributed by atoms with Gasteiger partial charge in [0.1, 0.15) is 5.69 Å². The zero-order valence-corrected chi connectivity index (χ0v) is 17.7. The Balaban J connectivity index is 2.11. The molecule has 0 saturated carbocycles. The van der Waals surface area contributed by atoms with Crippen LogP contribution in [0.5, 0.6) is 0 Å². The van der Waals surface area contributed by atoms with Gasteiger partial charge >= 0.3 is 5.97 Å². The highest BCUT2D eigenvalue weighted by Gasteiger charge is 2.31. The van der Waals surface area contributed by atoms with Gasteiger partial charge in [0.15, 0.2) is 0 Å². The molecule has 1 aliphatic rings. The molecule has 1 atom stereocenters. The molecule has 1 aliphatic heterocycles. The van der Waals surface area contributed by atoms with Gasteiger partial charge in [-0.3, -0.25) is 9.59 Å². The van der Waals surface area contributed by atoms with E-state index >= 15 is 0 Å². The first-order valence-electron chi connectivity index (χ1n) is 10.2. The van der Waals surface area contributed by atoms with Crippen LogP contribution in [0.25, 0.3) is 0 Å². The van der Waals surface area contributed by atoms with Gasteiger partial charge in [-0.25, -0.2) is 4.79 Å². The van der Waals surface area contributed by atoms with Crippen molar-refractivity contribution in [2.24, 2.45) is 5.92 Å². The van der Waals surface area contributed by atoms with Crippen molar-refractivity contribution in [3.63, 3.8) is 0 Å². The molecule has 1 aromatic rings. The van der Waals surface area contributed by atoms with Crippen molar-refractivity contribution in [1.29, 1.82) is 0 Å². The summed E-state index contributed by atoms with van der Waals surface area (Å²) in [6.45, 7) is 10.9. The highest BCUT2D eigenvalue weighted by atomic mass is 16.5. The van der Waals surface area contributed by atoms with E-state index in [0.717, 1.165) is 25.7 Å². The molecule has 0 radical (unpaired) electrons. The summed E-state index contributed by atoms with van der Waals surface area (Å²) >= 11 is 0. The number of nitrogens with one attached hydrogen (secondary N) is 2. The summed E-state index contributed by atoms with van der Waals surface area (Å²) in [7, 11) is 0. The van der Waals surface area contributed by atoms with E-state index in [-0.39, 0.29) is 23.8 Å². The highest BCUT2D eigenvalue weighted by Crippen LogP contribution is 2.24. The molecule has 2 amide bonds. The van der Waals surface area contributed by atoms with Crippen LogP contribution < -0.4 is 5.32 Å². The Morgan fingerprint density at radius 3 is 2.64 bits per heavy atom. The number of esters is 1. The summed E-state index contributed by atoms with van der Waals surface area (Å²) < 4.78 is 5.29. The van der Waals surface area contributed by atoms with Gasteiger partial charge in [0.2, 0.25) is 5.91 Å². The van der Waals surface area contributed by atoms with E-state index in [1.54, 1.807) is 32.6 Å². The summed E-state index contributed by atoms with van der Waals surface area (Å²) in [6.07, 6.45) is 3.34. The Labute approximate surface area is 167 Å². The standard InChI is InChI=1S/C21H33N3O4/c1-6-7-10-22-19(25)16-9-8-11-24(12-16)20(26)18-14(4)17(15(5)23-18)21(27)28-13(2)3/h13,16,23H,6-12H2,1-5H3,(H,22,25). The summed E-state index contributed by atoms with van der Waals surface area (Å²) in [5.41, 5.74) is 2.04. The van der Waals surface area contributed by atoms with Crippen LogP contribution in [0.3, 0.4) is 0 Å². The normalized spacial score (nSPS) is 16.9. The maximum Gasteiger partial charge on any atom is 0.340 e. The number of aryl methyl sites for hydroxylation is 1. The number of carbonyl (C=O) groups is 3. The molecule has 1 fully saturated rings. The van der Waals surface area contributed by atoms with Gasteiger partial charge in [-0.2, -0.15) is 0 Å². The number of hydrogen-bond donors (Lipinski definition) is 2. The minimum Gasteiger partial charge on any atom is -0.459 e. The number of aromatic nitrogens is 1. The van der Waals surface area contributed by atoms with E-state index in [2.05, 4.69) is 17.2 Å². The number of rotatable bonds is 7. The van der Waals surface area contributed by atoms with Crippen molar-refractivity contribution >= 4 is 17.8 Å². The number of hydrogen-bond acceptors (Lipinski definition) is 4. The van der Waals surface area contributed by atoms with Crippen LogP contribution in [0.1, 0.15) is 78.6 Å². The molecule has 0 aromatic carbocycles. The average Bonchev–Trinajstić information content (AvgIpc) is 2.95. The minimum atomic E-state index is -0.424. The van der Waals surface area contributed by atoms with Crippen molar-refractivity contribution in [3.8, 4) is 0 Å². The van der Waals surface area contributed by atoms with Crippen LogP contribution in [-0.2, 0) is 9.53 Å². The maximum absolute atomic E-state index is 13.1. The first-order chi connectivity index (χ1) is 13.3. The predicted octanol–water partition coefficient (Wildman–Crippen LogP) is 2.97. The fourth-order valence-electron chi connectivity index (χ4n) is 3.61. The summed E-state index contributed by atoms with van der Waals surface area (Å²) in [6, 6.07) is 0. The Kier molecular flexibility index (Phi) is 7.66.